The van der Waals surface area contributed by atoms with Crippen molar-refractivity contribution in [2.45, 2.75) is 45.2 Å². The Morgan fingerprint density at radius 1 is 1.45 bits per heavy atom. The Morgan fingerprint density at radius 3 is 2.85 bits per heavy atom. The average molecular weight is 277 g/mol. The van der Waals surface area contributed by atoms with Gasteiger partial charge in [0.2, 0.25) is 0 Å². The molecule has 2 unspecified atom stereocenters. The van der Waals surface area contributed by atoms with Crippen LogP contribution in [0.4, 0.5) is 10.1 Å². The zero-order valence-electron chi connectivity index (χ0n) is 11.8. The minimum Gasteiger partial charge on any atom is -0.478 e. The zero-order chi connectivity index (χ0) is 14.7. The Bertz CT molecular complexity index is 527. The molecule has 1 N–H and O–H groups in total. The van der Waals surface area contributed by atoms with E-state index in [9.17, 15) is 9.18 Å². The van der Waals surface area contributed by atoms with E-state index in [0.717, 1.165) is 31.0 Å². The van der Waals surface area contributed by atoms with Gasteiger partial charge in [0.1, 0.15) is 5.82 Å². The molecule has 0 amide bonds. The van der Waals surface area contributed by atoms with Crippen molar-refractivity contribution in [3.63, 3.8) is 0 Å². The highest BCUT2D eigenvalue weighted by Crippen LogP contribution is 2.33. The molecule has 1 aromatic rings. The topological polar surface area (TPSA) is 40.5 Å². The number of nitrogens with zero attached hydrogens (tertiary/aromatic N) is 1. The molecule has 0 aliphatic carbocycles. The van der Waals surface area contributed by atoms with Crippen LogP contribution in [-0.2, 0) is 4.79 Å². The summed E-state index contributed by atoms with van der Waals surface area (Å²) in [5, 5.41) is 8.66. The molecule has 0 spiro atoms. The Hall–Kier alpha value is -1.84. The Balaban J connectivity index is 2.34. The Morgan fingerprint density at radius 2 is 2.20 bits per heavy atom. The van der Waals surface area contributed by atoms with Crippen LogP contribution < -0.4 is 4.90 Å². The average Bonchev–Trinajstić information content (AvgIpc) is 2.77. The first-order valence-electron chi connectivity index (χ1n) is 7.01. The van der Waals surface area contributed by atoms with Crippen LogP contribution in [0.25, 0.3) is 6.08 Å². The lowest BCUT2D eigenvalue weighted by atomic mass is 10.1. The summed E-state index contributed by atoms with van der Waals surface area (Å²) in [6.07, 6.45) is 5.71. The highest BCUT2D eigenvalue weighted by Gasteiger charge is 2.29. The van der Waals surface area contributed by atoms with Gasteiger partial charge in [0.05, 0.1) is 0 Å². The molecule has 108 valence electrons. The van der Waals surface area contributed by atoms with Crippen LogP contribution in [0.1, 0.15) is 38.7 Å². The molecule has 1 aliphatic rings. The first-order valence-corrected chi connectivity index (χ1v) is 7.01. The second-order valence-electron chi connectivity index (χ2n) is 5.31. The highest BCUT2D eigenvalue weighted by molar-refractivity contribution is 5.85. The number of rotatable bonds is 4. The predicted octanol–water partition coefficient (Wildman–Crippen LogP) is 3.69. The van der Waals surface area contributed by atoms with Gasteiger partial charge in [-0.1, -0.05) is 6.92 Å². The summed E-state index contributed by atoms with van der Waals surface area (Å²) in [6, 6.07) is 5.56. The predicted molar refractivity (Wildman–Crippen MR) is 78.3 cm³/mol. The van der Waals surface area contributed by atoms with Crippen molar-refractivity contribution in [3.05, 3.63) is 35.7 Å². The Kier molecular flexibility index (Phi) is 4.42. The van der Waals surface area contributed by atoms with Crippen molar-refractivity contribution in [2.24, 2.45) is 0 Å². The standard InChI is InChI=1S/C16H20FNO2/c1-3-14-6-4-11(2)18(14)15-9-12(5-7-16(19)20)8-13(17)10-15/h5,7-11,14H,3-4,6H2,1-2H3,(H,19,20)/b7-5+. The molecule has 1 aromatic carbocycles. The zero-order valence-corrected chi connectivity index (χ0v) is 11.8. The van der Waals surface area contributed by atoms with Gasteiger partial charge in [0.15, 0.2) is 0 Å². The molecule has 4 heteroatoms. The van der Waals surface area contributed by atoms with Gasteiger partial charge in [-0.25, -0.2) is 9.18 Å². The van der Waals surface area contributed by atoms with Crippen LogP contribution in [0.2, 0.25) is 0 Å². The van der Waals surface area contributed by atoms with E-state index in [-0.39, 0.29) is 5.82 Å². The molecule has 20 heavy (non-hydrogen) atoms. The molecule has 1 fully saturated rings. The van der Waals surface area contributed by atoms with E-state index >= 15 is 0 Å². The largest absolute Gasteiger partial charge is 0.478 e. The van der Waals surface area contributed by atoms with E-state index in [1.165, 1.54) is 18.2 Å². The van der Waals surface area contributed by atoms with Crippen LogP contribution in [-0.4, -0.2) is 23.2 Å². The van der Waals surface area contributed by atoms with E-state index in [4.69, 9.17) is 5.11 Å². The van der Waals surface area contributed by atoms with E-state index in [2.05, 4.69) is 18.7 Å². The van der Waals surface area contributed by atoms with Crippen LogP contribution in [0.3, 0.4) is 0 Å². The van der Waals surface area contributed by atoms with Crippen LogP contribution in [0, 0.1) is 5.82 Å². The van der Waals surface area contributed by atoms with E-state index < -0.39 is 5.97 Å². The first-order chi connectivity index (χ1) is 9.51. The van der Waals surface area contributed by atoms with Crippen molar-refractivity contribution < 1.29 is 14.3 Å². The molecular formula is C16H20FNO2. The van der Waals surface area contributed by atoms with Gasteiger partial charge in [-0.2, -0.15) is 0 Å². The van der Waals surface area contributed by atoms with E-state index in [1.54, 1.807) is 0 Å². The number of hydrogen-bond acceptors (Lipinski definition) is 2. The van der Waals surface area contributed by atoms with E-state index in [1.807, 2.05) is 6.07 Å². The van der Waals surface area contributed by atoms with Crippen molar-refractivity contribution >= 4 is 17.7 Å². The van der Waals surface area contributed by atoms with Crippen LogP contribution >= 0.6 is 0 Å². The second kappa shape index (κ2) is 6.07. The van der Waals surface area contributed by atoms with Crippen molar-refractivity contribution in [3.8, 4) is 0 Å². The number of halogens is 1. The van der Waals surface area contributed by atoms with E-state index in [0.29, 0.717) is 17.6 Å². The number of carboxylic acids is 1. The monoisotopic (exact) mass is 277 g/mol. The summed E-state index contributed by atoms with van der Waals surface area (Å²) in [5.41, 5.74) is 1.42. The molecule has 1 aliphatic heterocycles. The highest BCUT2D eigenvalue weighted by atomic mass is 19.1. The SMILES string of the molecule is CCC1CCC(C)N1c1cc(F)cc(/C=C/C(=O)O)c1. The Labute approximate surface area is 118 Å². The lowest BCUT2D eigenvalue weighted by Gasteiger charge is -2.30. The third-order valence-electron chi connectivity index (χ3n) is 3.88. The summed E-state index contributed by atoms with van der Waals surface area (Å²) in [7, 11) is 0. The van der Waals surface area contributed by atoms with Gasteiger partial charge in [0, 0.05) is 23.8 Å². The minimum absolute atomic E-state index is 0.332. The molecule has 2 atom stereocenters. The fourth-order valence-electron chi connectivity index (χ4n) is 2.95. The number of anilines is 1. The third kappa shape index (κ3) is 3.18. The molecule has 2 rings (SSSR count). The normalized spacial score (nSPS) is 22.6. The van der Waals surface area contributed by atoms with Gasteiger partial charge in [-0.3, -0.25) is 0 Å². The fraction of sp³-hybridized carbons (Fsp3) is 0.438. The minimum atomic E-state index is -1.03. The molecule has 0 saturated carbocycles. The number of benzene rings is 1. The lowest BCUT2D eigenvalue weighted by Crippen LogP contribution is -2.34. The molecule has 0 bridgehead atoms. The van der Waals surface area contributed by atoms with Crippen LogP contribution in [0.15, 0.2) is 24.3 Å². The maximum atomic E-state index is 13.8. The molecular weight excluding hydrogens is 257 g/mol. The second-order valence-corrected chi connectivity index (χ2v) is 5.31. The van der Waals surface area contributed by atoms with Gasteiger partial charge in [0.25, 0.3) is 0 Å². The summed E-state index contributed by atoms with van der Waals surface area (Å²) in [4.78, 5) is 12.8. The summed E-state index contributed by atoms with van der Waals surface area (Å²) in [5.74, 6) is -1.36. The van der Waals surface area contributed by atoms with Gasteiger partial charge < -0.3 is 10.0 Å². The number of carbonyl (C=O) groups is 1. The maximum absolute atomic E-state index is 13.8. The molecule has 0 radical (unpaired) electrons. The van der Waals surface area contributed by atoms with Gasteiger partial charge in [-0.05, 0) is 56.0 Å². The van der Waals surface area contributed by atoms with Crippen molar-refractivity contribution in [1.29, 1.82) is 0 Å². The van der Waals surface area contributed by atoms with Crippen molar-refractivity contribution in [2.75, 3.05) is 4.90 Å². The molecule has 3 nitrogen and oxygen atoms in total. The smallest absolute Gasteiger partial charge is 0.328 e. The fourth-order valence-corrected chi connectivity index (χ4v) is 2.95. The summed E-state index contributed by atoms with van der Waals surface area (Å²) >= 11 is 0. The lowest BCUT2D eigenvalue weighted by molar-refractivity contribution is -0.131. The number of carboxylic acid groups (broad SMARTS) is 1. The van der Waals surface area contributed by atoms with Gasteiger partial charge in [-0.15, -0.1) is 0 Å². The quantitative estimate of drug-likeness (QED) is 0.853. The number of hydrogen-bond donors (Lipinski definition) is 1. The summed E-state index contributed by atoms with van der Waals surface area (Å²) < 4.78 is 13.8. The molecule has 1 saturated heterocycles. The first kappa shape index (κ1) is 14.6. The van der Waals surface area contributed by atoms with Crippen LogP contribution in [0.5, 0.6) is 0 Å². The third-order valence-corrected chi connectivity index (χ3v) is 3.88. The summed E-state index contributed by atoms with van der Waals surface area (Å²) in [6.45, 7) is 4.29. The van der Waals surface area contributed by atoms with Crippen molar-refractivity contribution in [1.82, 2.24) is 0 Å². The maximum Gasteiger partial charge on any atom is 0.328 e. The number of aliphatic carboxylic acids is 1. The molecule has 0 aromatic heterocycles. The molecule has 1 heterocycles. The van der Waals surface area contributed by atoms with Gasteiger partial charge >= 0.3 is 5.97 Å².